The Bertz CT molecular complexity index is 948. The predicted octanol–water partition coefficient (Wildman–Crippen LogP) is 4.86. The van der Waals surface area contributed by atoms with Gasteiger partial charge in [-0.15, -0.1) is 0 Å². The zero-order valence-electron chi connectivity index (χ0n) is 14.6. The normalized spacial score (nSPS) is 10.9. The van der Waals surface area contributed by atoms with Gasteiger partial charge in [-0.3, -0.25) is 4.79 Å². The Morgan fingerprint density at radius 1 is 1.08 bits per heavy atom. The average molecular weight is 465 g/mol. The monoisotopic (exact) mass is 465 g/mol. The average Bonchev–Trinajstić information content (AvgIpc) is 2.94. The summed E-state index contributed by atoms with van der Waals surface area (Å²) < 4.78 is 12.4. The minimum atomic E-state index is -0.859. The minimum absolute atomic E-state index is 0.0490. The molecule has 0 aliphatic carbocycles. The number of carboxylic acids is 1. The summed E-state index contributed by atoms with van der Waals surface area (Å²) >= 11 is 2.23. The molecule has 0 amide bonds. The van der Waals surface area contributed by atoms with Crippen LogP contribution in [0.25, 0.3) is 22.2 Å². The van der Waals surface area contributed by atoms with E-state index in [0.717, 1.165) is 31.3 Å². The Labute approximate surface area is 165 Å². The third kappa shape index (κ3) is 3.80. The van der Waals surface area contributed by atoms with Gasteiger partial charge in [0.2, 0.25) is 0 Å². The van der Waals surface area contributed by atoms with Crippen molar-refractivity contribution in [3.8, 4) is 22.8 Å². The van der Waals surface area contributed by atoms with E-state index in [1.807, 2.05) is 50.2 Å². The van der Waals surface area contributed by atoms with Crippen molar-refractivity contribution < 1.29 is 19.4 Å². The van der Waals surface area contributed by atoms with Crippen molar-refractivity contribution in [1.29, 1.82) is 0 Å². The van der Waals surface area contributed by atoms with Crippen LogP contribution in [-0.2, 0) is 11.2 Å². The van der Waals surface area contributed by atoms with Crippen molar-refractivity contribution >= 4 is 39.5 Å². The number of aliphatic carboxylic acids is 1. The first-order valence-corrected chi connectivity index (χ1v) is 9.53. The molecule has 0 fully saturated rings. The van der Waals surface area contributed by atoms with Gasteiger partial charge in [0, 0.05) is 20.0 Å². The van der Waals surface area contributed by atoms with E-state index in [-0.39, 0.29) is 6.42 Å². The largest absolute Gasteiger partial charge is 0.490 e. The van der Waals surface area contributed by atoms with Gasteiger partial charge in [-0.1, -0.05) is 0 Å². The molecule has 0 radical (unpaired) electrons. The van der Waals surface area contributed by atoms with E-state index < -0.39 is 5.97 Å². The lowest BCUT2D eigenvalue weighted by Gasteiger charge is -2.12. The number of fused-ring (bicyclic) bond motifs is 1. The molecule has 3 rings (SSSR count). The van der Waals surface area contributed by atoms with Crippen LogP contribution >= 0.6 is 22.6 Å². The Morgan fingerprint density at radius 3 is 2.50 bits per heavy atom. The van der Waals surface area contributed by atoms with Gasteiger partial charge in [0.05, 0.1) is 25.3 Å². The number of ether oxygens (including phenoxy) is 2. The maximum absolute atomic E-state index is 11.4. The molecule has 6 heteroatoms. The summed E-state index contributed by atoms with van der Waals surface area (Å²) in [6.07, 6.45) is -0.0490. The molecule has 0 atom stereocenters. The molecular formula is C20H20INO4. The maximum atomic E-state index is 11.4. The smallest absolute Gasteiger partial charge is 0.307 e. The van der Waals surface area contributed by atoms with E-state index in [2.05, 4.69) is 27.6 Å². The van der Waals surface area contributed by atoms with Crippen LogP contribution in [0.4, 0.5) is 0 Å². The quantitative estimate of drug-likeness (QED) is 0.489. The summed E-state index contributed by atoms with van der Waals surface area (Å²) in [7, 11) is 0. The number of hydrogen-bond donors (Lipinski definition) is 2. The predicted molar refractivity (Wildman–Crippen MR) is 110 cm³/mol. The van der Waals surface area contributed by atoms with Crippen LogP contribution in [0.3, 0.4) is 0 Å². The molecule has 26 heavy (non-hydrogen) atoms. The number of nitrogens with one attached hydrogen (secondary N) is 1. The second-order valence-electron chi connectivity index (χ2n) is 5.77. The number of benzene rings is 2. The Hall–Kier alpha value is -2.22. The lowest BCUT2D eigenvalue weighted by molar-refractivity contribution is -0.136. The fraction of sp³-hybridized carbons (Fsp3) is 0.250. The van der Waals surface area contributed by atoms with Crippen molar-refractivity contribution in [3.05, 3.63) is 45.5 Å². The number of halogens is 1. The first kappa shape index (κ1) is 18.6. The minimum Gasteiger partial charge on any atom is -0.490 e. The van der Waals surface area contributed by atoms with Crippen LogP contribution in [0.2, 0.25) is 0 Å². The SMILES string of the molecule is CCOc1ccc(-c2[nH]c3ccc(I)cc3c2CC(=O)O)cc1OCC. The lowest BCUT2D eigenvalue weighted by atomic mass is 10.0. The second-order valence-corrected chi connectivity index (χ2v) is 7.01. The number of rotatable bonds is 7. The van der Waals surface area contributed by atoms with Gasteiger partial charge in [-0.25, -0.2) is 0 Å². The van der Waals surface area contributed by atoms with E-state index in [4.69, 9.17) is 9.47 Å². The number of H-pyrrole nitrogens is 1. The van der Waals surface area contributed by atoms with Gasteiger partial charge in [0.25, 0.3) is 0 Å². The standard InChI is InChI=1S/C20H20INO4/c1-3-25-17-8-5-12(9-18(17)26-4-2)20-15(11-19(23)24)14-10-13(21)6-7-16(14)22-20/h5-10,22H,3-4,11H2,1-2H3,(H,23,24). The van der Waals surface area contributed by atoms with Crippen LogP contribution in [0, 0.1) is 3.57 Å². The van der Waals surface area contributed by atoms with E-state index in [1.54, 1.807) is 0 Å². The molecule has 3 aromatic rings. The second kappa shape index (κ2) is 7.99. The van der Waals surface area contributed by atoms with Crippen molar-refractivity contribution in [3.63, 3.8) is 0 Å². The summed E-state index contributed by atoms with van der Waals surface area (Å²) in [5.41, 5.74) is 3.37. The highest BCUT2D eigenvalue weighted by Gasteiger charge is 2.18. The highest BCUT2D eigenvalue weighted by Crippen LogP contribution is 2.37. The number of aromatic amines is 1. The lowest BCUT2D eigenvalue weighted by Crippen LogP contribution is -2.02. The van der Waals surface area contributed by atoms with Crippen molar-refractivity contribution in [2.75, 3.05) is 13.2 Å². The molecule has 0 saturated heterocycles. The molecule has 0 aliphatic heterocycles. The highest BCUT2D eigenvalue weighted by atomic mass is 127. The van der Waals surface area contributed by atoms with Crippen molar-refractivity contribution in [2.24, 2.45) is 0 Å². The molecule has 0 saturated carbocycles. The van der Waals surface area contributed by atoms with Gasteiger partial charge >= 0.3 is 5.97 Å². The van der Waals surface area contributed by atoms with E-state index in [0.29, 0.717) is 24.7 Å². The fourth-order valence-electron chi connectivity index (χ4n) is 3.01. The molecule has 1 aromatic heterocycles. The number of carboxylic acid groups (broad SMARTS) is 1. The van der Waals surface area contributed by atoms with Crippen LogP contribution in [-0.4, -0.2) is 29.3 Å². The maximum Gasteiger partial charge on any atom is 0.307 e. The van der Waals surface area contributed by atoms with Gasteiger partial charge in [0.1, 0.15) is 0 Å². The molecule has 136 valence electrons. The van der Waals surface area contributed by atoms with Crippen molar-refractivity contribution in [1.82, 2.24) is 4.98 Å². The summed E-state index contributed by atoms with van der Waals surface area (Å²) in [6.45, 7) is 4.92. The van der Waals surface area contributed by atoms with Gasteiger partial charge in [0.15, 0.2) is 11.5 Å². The summed E-state index contributed by atoms with van der Waals surface area (Å²) in [5, 5.41) is 10.3. The van der Waals surface area contributed by atoms with Crippen LogP contribution in [0.5, 0.6) is 11.5 Å². The van der Waals surface area contributed by atoms with Crippen molar-refractivity contribution in [2.45, 2.75) is 20.3 Å². The number of hydrogen-bond acceptors (Lipinski definition) is 3. The first-order chi connectivity index (χ1) is 12.5. The van der Waals surface area contributed by atoms with Gasteiger partial charge < -0.3 is 19.6 Å². The topological polar surface area (TPSA) is 71.6 Å². The van der Waals surface area contributed by atoms with Gasteiger partial charge in [-0.2, -0.15) is 0 Å². The van der Waals surface area contributed by atoms with Crippen LogP contribution in [0.15, 0.2) is 36.4 Å². The summed E-state index contributed by atoms with van der Waals surface area (Å²) in [4.78, 5) is 14.8. The molecule has 0 unspecified atom stereocenters. The van der Waals surface area contributed by atoms with E-state index in [9.17, 15) is 9.90 Å². The number of carbonyl (C=O) groups is 1. The molecule has 1 heterocycles. The van der Waals surface area contributed by atoms with E-state index in [1.165, 1.54) is 0 Å². The number of aromatic nitrogens is 1. The third-order valence-corrected chi connectivity index (χ3v) is 4.70. The first-order valence-electron chi connectivity index (χ1n) is 8.45. The molecule has 2 aromatic carbocycles. The molecule has 5 nitrogen and oxygen atoms in total. The fourth-order valence-corrected chi connectivity index (χ4v) is 3.50. The Kier molecular flexibility index (Phi) is 5.70. The highest BCUT2D eigenvalue weighted by molar-refractivity contribution is 14.1. The van der Waals surface area contributed by atoms with Crippen LogP contribution < -0.4 is 9.47 Å². The van der Waals surface area contributed by atoms with Gasteiger partial charge in [-0.05, 0) is 78.4 Å². The molecule has 0 spiro atoms. The Morgan fingerprint density at radius 2 is 1.81 bits per heavy atom. The molecule has 2 N–H and O–H groups in total. The van der Waals surface area contributed by atoms with E-state index >= 15 is 0 Å². The van der Waals surface area contributed by atoms with Crippen LogP contribution in [0.1, 0.15) is 19.4 Å². The summed E-state index contributed by atoms with van der Waals surface area (Å²) in [6, 6.07) is 11.7. The third-order valence-electron chi connectivity index (χ3n) is 4.03. The molecular weight excluding hydrogens is 445 g/mol. The molecule has 0 bridgehead atoms. The molecule has 0 aliphatic rings. The summed E-state index contributed by atoms with van der Waals surface area (Å²) in [5.74, 6) is 0.479. The zero-order chi connectivity index (χ0) is 18.7. The zero-order valence-corrected chi connectivity index (χ0v) is 16.8. The Balaban J connectivity index is 2.17.